The van der Waals surface area contributed by atoms with Crippen molar-refractivity contribution in [2.45, 2.75) is 142 Å². The number of anilines is 4. The van der Waals surface area contributed by atoms with Gasteiger partial charge in [-0.25, -0.2) is 9.59 Å². The van der Waals surface area contributed by atoms with Gasteiger partial charge in [-0.2, -0.15) is 28.7 Å². The van der Waals surface area contributed by atoms with Crippen molar-refractivity contribution in [1.29, 1.82) is 0 Å². The Morgan fingerprint density at radius 2 is 0.971 bits per heavy atom. The van der Waals surface area contributed by atoms with E-state index in [0.29, 0.717) is 49.9 Å². The van der Waals surface area contributed by atoms with Crippen LogP contribution in [0.1, 0.15) is 118 Å². The van der Waals surface area contributed by atoms with Crippen LogP contribution in [0, 0.1) is 35.3 Å². The number of amides is 4. The molecular formula is C46H74Cl2F2N14O6. The average molecular weight is 1030 g/mol. The van der Waals surface area contributed by atoms with E-state index in [0.717, 1.165) is 90.1 Å². The standard InChI is InChI=1S/2C23H37ClFN7O3/c2*1-14(2)31(3)13-17-9-6-10-32(17)20-18(25)19(27-22(24)28-20)29-30-21(33)16(12-26-23(34)35)11-15-7-4-5-8-15/h2*14-17,26H,4-13H2,1-3H3,(H,30,33)(H,34,35)(H,27,28,29)/t2*16-,17+/m11/s1. The van der Waals surface area contributed by atoms with E-state index in [1.165, 1.54) is 0 Å². The number of nitrogens with zero attached hydrogens (tertiary/aromatic N) is 8. The van der Waals surface area contributed by atoms with Crippen LogP contribution in [0.15, 0.2) is 0 Å². The van der Waals surface area contributed by atoms with Crippen LogP contribution < -0.4 is 42.1 Å². The van der Waals surface area contributed by atoms with Gasteiger partial charge >= 0.3 is 12.2 Å². The lowest BCUT2D eigenvalue weighted by Crippen LogP contribution is -2.43. The summed E-state index contributed by atoms with van der Waals surface area (Å²) in [4.78, 5) is 72.1. The molecule has 0 radical (unpaired) electrons. The molecule has 0 spiro atoms. The summed E-state index contributed by atoms with van der Waals surface area (Å²) >= 11 is 12.3. The fourth-order valence-corrected chi connectivity index (χ4v) is 10.1. The lowest BCUT2D eigenvalue weighted by Gasteiger charge is -2.31. The Morgan fingerprint density at radius 3 is 1.30 bits per heavy atom. The maximum Gasteiger partial charge on any atom is 0.404 e. The molecule has 6 rings (SSSR count). The fourth-order valence-electron chi connectivity index (χ4n) is 9.79. The topological polar surface area (TPSA) is 245 Å². The van der Waals surface area contributed by atoms with Crippen molar-refractivity contribution >= 4 is 70.5 Å². The second-order valence-corrected chi connectivity index (χ2v) is 20.4. The summed E-state index contributed by atoms with van der Waals surface area (Å²) in [6.07, 6.45) is 10.9. The Balaban J connectivity index is 0.000000261. The van der Waals surface area contributed by atoms with Gasteiger partial charge in [-0.1, -0.05) is 51.4 Å². The smallest absolute Gasteiger partial charge is 0.404 e. The molecule has 2 aliphatic heterocycles. The van der Waals surface area contributed by atoms with Crippen molar-refractivity contribution in [3.8, 4) is 0 Å². The summed E-state index contributed by atoms with van der Waals surface area (Å²) in [5, 5.41) is 22.3. The molecule has 4 atom stereocenters. The SMILES string of the molecule is CC(C)N(C)C[C@@H]1CCCN1c1nc(Cl)nc(NNC(=O)[C@@H](CNC(=O)O)CC2CCCC2)c1F.CC(C)N(C)C[C@@H]1CCCN1c1nc(Cl)nc(NNC(=O)[C@@H](CNC(=O)O)CC2CCCC2)c1F. The molecular weight excluding hydrogens is 953 g/mol. The first-order valence-corrected chi connectivity index (χ1v) is 25.5. The minimum atomic E-state index is -1.19. The van der Waals surface area contributed by atoms with Crippen LogP contribution in [0.3, 0.4) is 0 Å². The highest BCUT2D eigenvalue weighted by atomic mass is 35.5. The lowest BCUT2D eigenvalue weighted by molar-refractivity contribution is -0.125. The highest BCUT2D eigenvalue weighted by Crippen LogP contribution is 2.34. The van der Waals surface area contributed by atoms with Crippen LogP contribution in [0.4, 0.5) is 41.6 Å². The number of carbonyl (C=O) groups excluding carboxylic acids is 2. The number of likely N-dealkylation sites (N-methyl/N-ethyl adjacent to an activating group) is 2. The van der Waals surface area contributed by atoms with Gasteiger partial charge in [0, 0.05) is 63.4 Å². The molecule has 2 saturated heterocycles. The van der Waals surface area contributed by atoms with Gasteiger partial charge in [-0.3, -0.25) is 31.3 Å². The van der Waals surface area contributed by atoms with Gasteiger partial charge in [0.1, 0.15) is 0 Å². The summed E-state index contributed by atoms with van der Waals surface area (Å²) in [5.41, 5.74) is 10.1. The van der Waals surface area contributed by atoms with Gasteiger partial charge in [-0.05, 0) is 115 Å². The van der Waals surface area contributed by atoms with Crippen molar-refractivity contribution in [1.82, 2.24) is 51.2 Å². The van der Waals surface area contributed by atoms with E-state index in [2.05, 4.69) is 89.8 Å². The normalized spacial score (nSPS) is 19.4. The average Bonchev–Trinajstić information content (AvgIpc) is 4.17. The molecule has 0 bridgehead atoms. The number of aromatic nitrogens is 4. The zero-order chi connectivity index (χ0) is 51.1. The molecule has 2 aliphatic carbocycles. The van der Waals surface area contributed by atoms with E-state index in [4.69, 9.17) is 33.4 Å². The maximum absolute atomic E-state index is 15.5. The molecule has 392 valence electrons. The Bertz CT molecular complexity index is 1910. The van der Waals surface area contributed by atoms with Gasteiger partial charge in [-0.15, -0.1) is 0 Å². The summed E-state index contributed by atoms with van der Waals surface area (Å²) in [6, 6.07) is 0.888. The molecule has 2 aromatic rings. The minimum Gasteiger partial charge on any atom is -0.465 e. The van der Waals surface area contributed by atoms with Gasteiger partial charge in [0.05, 0.1) is 11.8 Å². The van der Waals surface area contributed by atoms with Gasteiger partial charge < -0.3 is 40.4 Å². The summed E-state index contributed by atoms with van der Waals surface area (Å²) < 4.78 is 30.9. The summed E-state index contributed by atoms with van der Waals surface area (Å²) in [7, 11) is 4.07. The maximum atomic E-state index is 15.5. The predicted molar refractivity (Wildman–Crippen MR) is 266 cm³/mol. The van der Waals surface area contributed by atoms with Gasteiger partial charge in [0.25, 0.3) is 0 Å². The molecule has 4 fully saturated rings. The Kier molecular flexibility index (Phi) is 21.8. The van der Waals surface area contributed by atoms with Crippen LogP contribution in [0.25, 0.3) is 0 Å². The number of halogens is 4. The second-order valence-electron chi connectivity index (χ2n) is 19.8. The lowest BCUT2D eigenvalue weighted by atomic mass is 9.92. The highest BCUT2D eigenvalue weighted by Gasteiger charge is 2.34. The van der Waals surface area contributed by atoms with Crippen molar-refractivity contribution < 1.29 is 38.2 Å². The Morgan fingerprint density at radius 1 is 0.614 bits per heavy atom. The molecule has 70 heavy (non-hydrogen) atoms. The molecule has 4 amide bonds. The van der Waals surface area contributed by atoms with E-state index < -0.39 is 47.5 Å². The van der Waals surface area contributed by atoms with Crippen molar-refractivity contribution in [3.63, 3.8) is 0 Å². The van der Waals surface area contributed by atoms with E-state index >= 15 is 8.78 Å². The van der Waals surface area contributed by atoms with Crippen LogP contribution in [0.5, 0.6) is 0 Å². The van der Waals surface area contributed by atoms with Crippen molar-refractivity contribution in [3.05, 3.63) is 22.2 Å². The molecule has 2 saturated carbocycles. The zero-order valence-corrected chi connectivity index (χ0v) is 42.9. The third-order valence-electron chi connectivity index (χ3n) is 14.2. The van der Waals surface area contributed by atoms with Gasteiger partial charge in [0.15, 0.2) is 23.3 Å². The van der Waals surface area contributed by atoms with E-state index in [1.54, 1.807) is 0 Å². The molecule has 4 aliphatic rings. The number of nitrogens with one attached hydrogen (secondary N) is 6. The molecule has 24 heteroatoms. The Labute approximate surface area is 420 Å². The molecule has 2 aromatic heterocycles. The molecule has 0 aromatic carbocycles. The first-order valence-electron chi connectivity index (χ1n) is 24.8. The van der Waals surface area contributed by atoms with Crippen LogP contribution in [-0.4, -0.2) is 141 Å². The number of rotatable bonds is 22. The predicted octanol–water partition coefficient (Wildman–Crippen LogP) is 6.97. The first kappa shape index (κ1) is 56.1. The Hall–Kier alpha value is -4.80. The van der Waals surface area contributed by atoms with E-state index in [-0.39, 0.29) is 59.0 Å². The highest BCUT2D eigenvalue weighted by molar-refractivity contribution is 6.28. The van der Waals surface area contributed by atoms with Crippen LogP contribution in [0.2, 0.25) is 10.6 Å². The molecule has 0 unspecified atom stereocenters. The van der Waals surface area contributed by atoms with Gasteiger partial charge in [0.2, 0.25) is 34.0 Å². The summed E-state index contributed by atoms with van der Waals surface area (Å²) in [5.74, 6) is -2.90. The first-order chi connectivity index (χ1) is 33.3. The van der Waals surface area contributed by atoms with E-state index in [1.807, 2.05) is 23.9 Å². The largest absolute Gasteiger partial charge is 0.465 e. The monoisotopic (exact) mass is 1030 g/mol. The fraction of sp³-hybridized carbons (Fsp3) is 0.739. The quantitative estimate of drug-likeness (QED) is 0.0438. The van der Waals surface area contributed by atoms with E-state index in [9.17, 15) is 19.2 Å². The third kappa shape index (κ3) is 16.6. The number of carbonyl (C=O) groups is 4. The number of hydrogen-bond acceptors (Lipinski definition) is 14. The van der Waals surface area contributed by atoms with Crippen LogP contribution >= 0.6 is 23.2 Å². The zero-order valence-electron chi connectivity index (χ0n) is 41.4. The molecule has 20 nitrogen and oxygen atoms in total. The van der Waals surface area contributed by atoms with Crippen molar-refractivity contribution in [2.75, 3.05) is 74.0 Å². The number of hydrazine groups is 2. The second kappa shape index (κ2) is 27.1. The molecule has 8 N–H and O–H groups in total. The number of carboxylic acid groups (broad SMARTS) is 2. The summed E-state index contributed by atoms with van der Waals surface area (Å²) in [6.45, 7) is 11.2. The third-order valence-corrected chi connectivity index (χ3v) is 14.5. The number of hydrogen-bond donors (Lipinski definition) is 8. The molecule has 4 heterocycles. The minimum absolute atomic E-state index is 0.0174. The van der Waals surface area contributed by atoms with Crippen LogP contribution in [-0.2, 0) is 9.59 Å². The van der Waals surface area contributed by atoms with Crippen molar-refractivity contribution in [2.24, 2.45) is 23.7 Å².